The van der Waals surface area contributed by atoms with Crippen LogP contribution in [0, 0.1) is 5.92 Å². The van der Waals surface area contributed by atoms with Crippen LogP contribution in [0.4, 0.5) is 5.69 Å². The standard InChI is InChI=1S/C18H23NO5/c1-3-17(20)19-14-10-15(23-2)16(9-13(14)18(21)22)24-11-12-7-5-4-6-8-12/h3,9-10,12H,1,4-8,11H2,2H3,(H,19,20)(H,21,22). The van der Waals surface area contributed by atoms with Crippen LogP contribution in [0.2, 0.25) is 0 Å². The van der Waals surface area contributed by atoms with Crippen molar-refractivity contribution in [3.05, 3.63) is 30.4 Å². The zero-order chi connectivity index (χ0) is 17.5. The van der Waals surface area contributed by atoms with Gasteiger partial charge < -0.3 is 19.9 Å². The molecule has 24 heavy (non-hydrogen) atoms. The normalized spacial score (nSPS) is 14.7. The quantitative estimate of drug-likeness (QED) is 0.746. The second-order valence-corrected chi connectivity index (χ2v) is 5.86. The molecule has 0 aromatic heterocycles. The molecule has 1 amide bonds. The molecule has 0 atom stereocenters. The lowest BCUT2D eigenvalue weighted by Crippen LogP contribution is -2.16. The average Bonchev–Trinajstić information content (AvgIpc) is 2.60. The molecule has 0 radical (unpaired) electrons. The number of benzene rings is 1. The maximum Gasteiger partial charge on any atom is 0.337 e. The van der Waals surface area contributed by atoms with Gasteiger partial charge in [-0.1, -0.05) is 25.8 Å². The molecule has 0 bridgehead atoms. The van der Waals surface area contributed by atoms with Crippen molar-refractivity contribution in [2.75, 3.05) is 19.0 Å². The third kappa shape index (κ3) is 4.50. The molecule has 0 unspecified atom stereocenters. The van der Waals surface area contributed by atoms with Gasteiger partial charge in [0, 0.05) is 12.1 Å². The van der Waals surface area contributed by atoms with Crippen LogP contribution in [-0.4, -0.2) is 30.7 Å². The first kappa shape index (κ1) is 17.8. The van der Waals surface area contributed by atoms with Crippen LogP contribution in [-0.2, 0) is 4.79 Å². The molecule has 0 saturated heterocycles. The molecule has 1 fully saturated rings. The molecule has 1 aromatic carbocycles. The van der Waals surface area contributed by atoms with Gasteiger partial charge in [0.1, 0.15) is 0 Å². The molecular formula is C18H23NO5. The fourth-order valence-electron chi connectivity index (χ4n) is 2.86. The number of carboxylic acid groups (broad SMARTS) is 1. The summed E-state index contributed by atoms with van der Waals surface area (Å²) in [5, 5.41) is 11.9. The van der Waals surface area contributed by atoms with Crippen LogP contribution in [0.1, 0.15) is 42.5 Å². The minimum absolute atomic E-state index is 0.0513. The van der Waals surface area contributed by atoms with Crippen molar-refractivity contribution in [3.63, 3.8) is 0 Å². The smallest absolute Gasteiger partial charge is 0.337 e. The summed E-state index contributed by atoms with van der Waals surface area (Å²) in [4.78, 5) is 23.0. The number of carbonyl (C=O) groups is 2. The van der Waals surface area contributed by atoms with Crippen LogP contribution in [0.15, 0.2) is 24.8 Å². The van der Waals surface area contributed by atoms with E-state index in [0.29, 0.717) is 24.0 Å². The van der Waals surface area contributed by atoms with Crippen molar-refractivity contribution >= 4 is 17.6 Å². The maximum atomic E-state index is 11.5. The first-order valence-corrected chi connectivity index (χ1v) is 8.06. The number of anilines is 1. The number of hydrogen-bond acceptors (Lipinski definition) is 4. The van der Waals surface area contributed by atoms with Crippen molar-refractivity contribution in [3.8, 4) is 11.5 Å². The third-order valence-corrected chi connectivity index (χ3v) is 4.18. The highest BCUT2D eigenvalue weighted by molar-refractivity contribution is 6.04. The molecule has 1 aliphatic carbocycles. The fraction of sp³-hybridized carbons (Fsp3) is 0.444. The second kappa shape index (κ2) is 8.38. The lowest BCUT2D eigenvalue weighted by Gasteiger charge is -2.22. The van der Waals surface area contributed by atoms with Crippen LogP contribution in [0.3, 0.4) is 0 Å². The first-order chi connectivity index (χ1) is 11.5. The van der Waals surface area contributed by atoms with E-state index in [2.05, 4.69) is 11.9 Å². The predicted octanol–water partition coefficient (Wildman–Crippen LogP) is 3.48. The minimum Gasteiger partial charge on any atom is -0.493 e. The van der Waals surface area contributed by atoms with E-state index in [9.17, 15) is 14.7 Å². The van der Waals surface area contributed by atoms with Crippen molar-refractivity contribution in [1.82, 2.24) is 0 Å². The Kier molecular flexibility index (Phi) is 6.23. The first-order valence-electron chi connectivity index (χ1n) is 8.06. The third-order valence-electron chi connectivity index (χ3n) is 4.18. The molecule has 0 heterocycles. The Balaban J connectivity index is 2.22. The molecule has 6 nitrogen and oxygen atoms in total. The van der Waals surface area contributed by atoms with E-state index in [-0.39, 0.29) is 11.3 Å². The molecule has 1 saturated carbocycles. The van der Waals surface area contributed by atoms with E-state index in [4.69, 9.17) is 9.47 Å². The summed E-state index contributed by atoms with van der Waals surface area (Å²) in [6.45, 7) is 3.89. The molecular weight excluding hydrogens is 310 g/mol. The number of methoxy groups -OCH3 is 1. The van der Waals surface area contributed by atoms with Gasteiger partial charge in [-0.25, -0.2) is 4.79 Å². The second-order valence-electron chi connectivity index (χ2n) is 5.86. The zero-order valence-corrected chi connectivity index (χ0v) is 13.8. The summed E-state index contributed by atoms with van der Waals surface area (Å²) >= 11 is 0. The maximum absolute atomic E-state index is 11.5. The Morgan fingerprint density at radius 3 is 2.58 bits per heavy atom. The Labute approximate surface area is 141 Å². The zero-order valence-electron chi connectivity index (χ0n) is 13.8. The highest BCUT2D eigenvalue weighted by atomic mass is 16.5. The minimum atomic E-state index is -1.15. The highest BCUT2D eigenvalue weighted by Crippen LogP contribution is 2.35. The highest BCUT2D eigenvalue weighted by Gasteiger charge is 2.19. The van der Waals surface area contributed by atoms with E-state index in [1.54, 1.807) is 0 Å². The summed E-state index contributed by atoms with van der Waals surface area (Å²) in [5.41, 5.74) is 0.0962. The molecule has 2 N–H and O–H groups in total. The number of nitrogens with one attached hydrogen (secondary N) is 1. The van der Waals surface area contributed by atoms with E-state index in [0.717, 1.165) is 18.9 Å². The van der Waals surface area contributed by atoms with E-state index >= 15 is 0 Å². The number of carboxylic acids is 1. The predicted molar refractivity (Wildman–Crippen MR) is 90.9 cm³/mol. The Hall–Kier alpha value is -2.50. The molecule has 6 heteroatoms. The number of amides is 1. The van der Waals surface area contributed by atoms with Crippen molar-refractivity contribution in [2.45, 2.75) is 32.1 Å². The summed E-state index contributed by atoms with van der Waals surface area (Å²) < 4.78 is 11.1. The molecule has 0 spiro atoms. The molecule has 0 aliphatic heterocycles. The van der Waals surface area contributed by atoms with Gasteiger partial charge in [-0.3, -0.25) is 4.79 Å². The summed E-state index contributed by atoms with van der Waals surface area (Å²) in [5.74, 6) is -0.404. The van der Waals surface area contributed by atoms with Crippen molar-refractivity contribution < 1.29 is 24.2 Å². The number of rotatable bonds is 7. The van der Waals surface area contributed by atoms with Crippen molar-refractivity contribution in [2.24, 2.45) is 5.92 Å². The number of ether oxygens (including phenoxy) is 2. The largest absolute Gasteiger partial charge is 0.493 e. The number of aromatic carboxylic acids is 1. The van der Waals surface area contributed by atoms with Crippen LogP contribution < -0.4 is 14.8 Å². The molecule has 1 aliphatic rings. The molecule has 130 valence electrons. The van der Waals surface area contributed by atoms with Crippen LogP contribution >= 0.6 is 0 Å². The fourth-order valence-corrected chi connectivity index (χ4v) is 2.86. The van der Waals surface area contributed by atoms with Gasteiger partial charge in [0.25, 0.3) is 0 Å². The van der Waals surface area contributed by atoms with Gasteiger partial charge in [-0.15, -0.1) is 0 Å². The SMILES string of the molecule is C=CC(=O)Nc1cc(OC)c(OCC2CCCCC2)cc1C(=O)O. The summed E-state index contributed by atoms with van der Waals surface area (Å²) in [7, 11) is 1.47. The van der Waals surface area contributed by atoms with Gasteiger partial charge >= 0.3 is 5.97 Å². The Morgan fingerprint density at radius 1 is 1.29 bits per heavy atom. The van der Waals surface area contributed by atoms with Crippen LogP contribution in [0.5, 0.6) is 11.5 Å². The summed E-state index contributed by atoms with van der Waals surface area (Å²) in [6.07, 6.45) is 7.01. The topological polar surface area (TPSA) is 84.9 Å². The van der Waals surface area contributed by atoms with E-state index in [1.165, 1.54) is 38.5 Å². The lowest BCUT2D eigenvalue weighted by molar-refractivity contribution is -0.111. The van der Waals surface area contributed by atoms with E-state index < -0.39 is 11.9 Å². The van der Waals surface area contributed by atoms with E-state index in [1.807, 2.05) is 0 Å². The van der Waals surface area contributed by atoms with Crippen molar-refractivity contribution in [1.29, 1.82) is 0 Å². The Morgan fingerprint density at radius 2 is 2.00 bits per heavy atom. The van der Waals surface area contributed by atoms with Gasteiger partial charge in [-0.2, -0.15) is 0 Å². The number of carbonyl (C=O) groups excluding carboxylic acids is 1. The van der Waals surface area contributed by atoms with Gasteiger partial charge in [0.2, 0.25) is 5.91 Å². The monoisotopic (exact) mass is 333 g/mol. The van der Waals surface area contributed by atoms with Gasteiger partial charge in [0.05, 0.1) is 25.0 Å². The average molecular weight is 333 g/mol. The Bertz CT molecular complexity index is 620. The number of hydrogen-bond donors (Lipinski definition) is 2. The lowest BCUT2D eigenvalue weighted by atomic mass is 9.90. The van der Waals surface area contributed by atoms with Crippen LogP contribution in [0.25, 0.3) is 0 Å². The summed E-state index contributed by atoms with van der Waals surface area (Å²) in [6, 6.07) is 2.85. The van der Waals surface area contributed by atoms with Gasteiger partial charge in [-0.05, 0) is 24.8 Å². The molecule has 2 rings (SSSR count). The van der Waals surface area contributed by atoms with Gasteiger partial charge in [0.15, 0.2) is 11.5 Å². The molecule has 1 aromatic rings.